The molecule has 1 heterocycles. The smallest absolute Gasteiger partial charge is 0.340 e. The number of hydrogen-bond acceptors (Lipinski definition) is 5. The maximum absolute atomic E-state index is 12.0. The Kier molecular flexibility index (Phi) is 6.45. The van der Waals surface area contributed by atoms with Crippen molar-refractivity contribution in [3.8, 4) is 0 Å². The number of carbonyl (C=O) groups is 2. The van der Waals surface area contributed by atoms with Gasteiger partial charge in [0.05, 0.1) is 5.56 Å². The van der Waals surface area contributed by atoms with E-state index in [0.717, 1.165) is 4.90 Å². The average molecular weight is 392 g/mol. The monoisotopic (exact) mass is 392 g/mol. The van der Waals surface area contributed by atoms with E-state index in [1.54, 1.807) is 30.1 Å². The maximum atomic E-state index is 12.0. The Morgan fingerprint density at radius 2 is 1.86 bits per heavy atom. The summed E-state index contributed by atoms with van der Waals surface area (Å²) in [5, 5.41) is 2.72. The molecule has 0 fully saturated rings. The number of aryl methyl sites for hydroxylation is 2. The zero-order valence-corrected chi connectivity index (χ0v) is 16.5. The molecule has 6 heteroatoms. The molecule has 0 aliphatic heterocycles. The highest BCUT2D eigenvalue weighted by Gasteiger charge is 2.10. The molecular formula is C22H20N2O3S. The lowest BCUT2D eigenvalue weighted by atomic mass is 10.2. The van der Waals surface area contributed by atoms with E-state index in [1.165, 1.54) is 22.2 Å². The summed E-state index contributed by atoms with van der Waals surface area (Å²) in [6.45, 7) is 3.80. The quantitative estimate of drug-likeness (QED) is 0.619. The number of hydrogen-bond donors (Lipinski definition) is 1. The van der Waals surface area contributed by atoms with Crippen molar-refractivity contribution >= 4 is 29.3 Å². The number of amides is 1. The second kappa shape index (κ2) is 9.19. The predicted octanol–water partition coefficient (Wildman–Crippen LogP) is 4.65. The highest BCUT2D eigenvalue weighted by molar-refractivity contribution is 7.99. The van der Waals surface area contributed by atoms with Crippen LogP contribution in [0.3, 0.4) is 0 Å². The Bertz CT molecular complexity index is 973. The first kappa shape index (κ1) is 19.6. The number of esters is 1. The van der Waals surface area contributed by atoms with E-state index in [2.05, 4.69) is 42.3 Å². The summed E-state index contributed by atoms with van der Waals surface area (Å²) in [7, 11) is 0. The van der Waals surface area contributed by atoms with Crippen LogP contribution in [0, 0.1) is 13.8 Å². The van der Waals surface area contributed by atoms with Gasteiger partial charge in [0, 0.05) is 27.9 Å². The molecule has 0 atom stereocenters. The van der Waals surface area contributed by atoms with Crippen molar-refractivity contribution in [1.29, 1.82) is 0 Å². The summed E-state index contributed by atoms with van der Waals surface area (Å²) in [5.41, 5.74) is 3.40. The van der Waals surface area contributed by atoms with Gasteiger partial charge in [-0.15, -0.1) is 0 Å². The van der Waals surface area contributed by atoms with Gasteiger partial charge in [0.15, 0.2) is 6.61 Å². The second-order valence-corrected chi connectivity index (χ2v) is 7.38. The lowest BCUT2D eigenvalue weighted by Crippen LogP contribution is -2.20. The van der Waals surface area contributed by atoms with E-state index in [0.29, 0.717) is 11.3 Å². The van der Waals surface area contributed by atoms with Gasteiger partial charge in [0.1, 0.15) is 0 Å². The molecule has 1 N–H and O–H groups in total. The topological polar surface area (TPSA) is 68.3 Å². The first-order valence-corrected chi connectivity index (χ1v) is 9.55. The van der Waals surface area contributed by atoms with Gasteiger partial charge >= 0.3 is 5.97 Å². The number of anilines is 1. The van der Waals surface area contributed by atoms with Gasteiger partial charge in [0.2, 0.25) is 0 Å². The molecule has 3 aromatic rings. The van der Waals surface area contributed by atoms with Gasteiger partial charge in [-0.25, -0.2) is 4.79 Å². The van der Waals surface area contributed by atoms with Gasteiger partial charge in [-0.1, -0.05) is 23.9 Å². The summed E-state index contributed by atoms with van der Waals surface area (Å²) in [6, 6.07) is 17.1. The van der Waals surface area contributed by atoms with Crippen LogP contribution < -0.4 is 5.32 Å². The molecule has 2 aromatic carbocycles. The molecule has 5 nitrogen and oxygen atoms in total. The molecule has 28 heavy (non-hydrogen) atoms. The van der Waals surface area contributed by atoms with Crippen molar-refractivity contribution in [2.45, 2.75) is 23.6 Å². The minimum Gasteiger partial charge on any atom is -0.452 e. The van der Waals surface area contributed by atoms with Crippen LogP contribution in [0.25, 0.3) is 0 Å². The summed E-state index contributed by atoms with van der Waals surface area (Å²) < 4.78 is 4.99. The van der Waals surface area contributed by atoms with Crippen LogP contribution in [-0.2, 0) is 9.53 Å². The van der Waals surface area contributed by atoms with Gasteiger partial charge < -0.3 is 10.1 Å². The third kappa shape index (κ3) is 5.44. The standard InChI is InChI=1S/C22H20N2O3S/c1-15-5-6-16(2)20(12-15)28-19-9-7-18(8-10-19)24-21(25)14-27-22(26)17-4-3-11-23-13-17/h3-13H,14H2,1-2H3,(H,24,25). The number of pyridine rings is 1. The molecular weight excluding hydrogens is 372 g/mol. The third-order valence-electron chi connectivity index (χ3n) is 3.94. The minimum absolute atomic E-state index is 0.308. The maximum Gasteiger partial charge on any atom is 0.340 e. The number of carbonyl (C=O) groups excluding carboxylic acids is 2. The number of nitrogens with zero attached hydrogens (tertiary/aromatic N) is 1. The third-order valence-corrected chi connectivity index (χ3v) is 5.11. The fourth-order valence-electron chi connectivity index (χ4n) is 2.45. The van der Waals surface area contributed by atoms with Crippen molar-refractivity contribution in [2.24, 2.45) is 0 Å². The zero-order chi connectivity index (χ0) is 19.9. The Morgan fingerprint density at radius 3 is 2.57 bits per heavy atom. The van der Waals surface area contributed by atoms with Crippen LogP contribution in [-0.4, -0.2) is 23.5 Å². The predicted molar refractivity (Wildman–Crippen MR) is 110 cm³/mol. The average Bonchev–Trinajstić information content (AvgIpc) is 2.71. The van der Waals surface area contributed by atoms with E-state index in [1.807, 2.05) is 24.3 Å². The Morgan fingerprint density at radius 1 is 1.07 bits per heavy atom. The van der Waals surface area contributed by atoms with E-state index >= 15 is 0 Å². The molecule has 3 rings (SSSR count). The Labute approximate surface area is 168 Å². The van der Waals surface area contributed by atoms with Crippen LogP contribution in [0.1, 0.15) is 21.5 Å². The molecule has 0 bridgehead atoms. The highest BCUT2D eigenvalue weighted by Crippen LogP contribution is 2.31. The highest BCUT2D eigenvalue weighted by atomic mass is 32.2. The lowest BCUT2D eigenvalue weighted by molar-refractivity contribution is -0.119. The van der Waals surface area contributed by atoms with Crippen molar-refractivity contribution in [3.05, 3.63) is 83.7 Å². The van der Waals surface area contributed by atoms with Crippen molar-refractivity contribution < 1.29 is 14.3 Å². The van der Waals surface area contributed by atoms with E-state index in [4.69, 9.17) is 4.74 Å². The summed E-state index contributed by atoms with van der Waals surface area (Å²) in [5.74, 6) is -0.976. The molecule has 0 aliphatic rings. The Hall–Kier alpha value is -3.12. The molecule has 142 valence electrons. The second-order valence-electron chi connectivity index (χ2n) is 6.26. The van der Waals surface area contributed by atoms with Gasteiger partial charge in [0.25, 0.3) is 5.91 Å². The molecule has 0 unspecified atom stereocenters. The van der Waals surface area contributed by atoms with E-state index in [-0.39, 0.29) is 6.61 Å². The first-order valence-electron chi connectivity index (χ1n) is 8.73. The molecule has 0 radical (unpaired) electrons. The van der Waals surface area contributed by atoms with Crippen LogP contribution in [0.5, 0.6) is 0 Å². The lowest BCUT2D eigenvalue weighted by Gasteiger charge is -2.09. The van der Waals surface area contributed by atoms with Gasteiger partial charge in [-0.3, -0.25) is 9.78 Å². The number of ether oxygens (including phenoxy) is 1. The molecule has 0 spiro atoms. The molecule has 1 aromatic heterocycles. The summed E-state index contributed by atoms with van der Waals surface area (Å²) in [4.78, 5) is 30.0. The normalized spacial score (nSPS) is 10.4. The van der Waals surface area contributed by atoms with Crippen LogP contribution in [0.4, 0.5) is 5.69 Å². The fourth-order valence-corrected chi connectivity index (χ4v) is 3.45. The van der Waals surface area contributed by atoms with Gasteiger partial charge in [-0.05, 0) is 67.4 Å². The van der Waals surface area contributed by atoms with E-state index < -0.39 is 11.9 Å². The van der Waals surface area contributed by atoms with Crippen LogP contribution in [0.2, 0.25) is 0 Å². The SMILES string of the molecule is Cc1ccc(C)c(Sc2ccc(NC(=O)COC(=O)c3cccnc3)cc2)c1. The first-order chi connectivity index (χ1) is 13.5. The number of nitrogens with one attached hydrogen (secondary N) is 1. The van der Waals surface area contributed by atoms with Crippen LogP contribution >= 0.6 is 11.8 Å². The summed E-state index contributed by atoms with van der Waals surface area (Å²) in [6.07, 6.45) is 2.96. The molecule has 0 saturated carbocycles. The molecule has 0 saturated heterocycles. The summed E-state index contributed by atoms with van der Waals surface area (Å²) >= 11 is 1.68. The van der Waals surface area contributed by atoms with Crippen molar-refractivity contribution in [1.82, 2.24) is 4.98 Å². The minimum atomic E-state index is -0.580. The zero-order valence-electron chi connectivity index (χ0n) is 15.6. The fraction of sp³-hybridized carbons (Fsp3) is 0.136. The number of benzene rings is 2. The Balaban J connectivity index is 1.53. The number of rotatable bonds is 6. The van der Waals surface area contributed by atoms with Crippen molar-refractivity contribution in [2.75, 3.05) is 11.9 Å². The van der Waals surface area contributed by atoms with Crippen LogP contribution in [0.15, 0.2) is 76.8 Å². The van der Waals surface area contributed by atoms with Crippen molar-refractivity contribution in [3.63, 3.8) is 0 Å². The number of aromatic nitrogens is 1. The molecule has 0 aliphatic carbocycles. The van der Waals surface area contributed by atoms with Gasteiger partial charge in [-0.2, -0.15) is 0 Å². The van der Waals surface area contributed by atoms with E-state index in [9.17, 15) is 9.59 Å². The largest absolute Gasteiger partial charge is 0.452 e. The molecule has 1 amide bonds.